The van der Waals surface area contributed by atoms with Crippen molar-refractivity contribution in [2.75, 3.05) is 13.1 Å². The molecule has 3 aromatic rings. The number of hydrogen-bond acceptors (Lipinski definition) is 5. The van der Waals surface area contributed by atoms with Crippen LogP contribution in [0.3, 0.4) is 0 Å². The van der Waals surface area contributed by atoms with Gasteiger partial charge in [0.1, 0.15) is 29.4 Å². The van der Waals surface area contributed by atoms with Crippen LogP contribution in [0.2, 0.25) is 0 Å². The van der Waals surface area contributed by atoms with Crippen LogP contribution in [0, 0.1) is 5.41 Å². The van der Waals surface area contributed by atoms with E-state index in [9.17, 15) is 9.90 Å². The third-order valence-corrected chi connectivity index (χ3v) is 5.24. The molecule has 0 saturated carbocycles. The molecule has 166 valence electrons. The maximum Gasteiger partial charge on any atom is 0.314 e. The molecule has 2 aromatic carbocycles. The standard InChI is InChI=1S/C22H23N3O4.2ClH/c23-21(24)14-3-6-18-15(10-14)12-28-20(18)19(22(26)27)9-13-1-4-16(5-2-13)29-17-7-8-25-11-17;;/h1-6,10,12,17,19,25H,7-9,11H2,(H3,23,24)(H,26,27);2*1H/t17-,19?;;/m0../s1. The summed E-state index contributed by atoms with van der Waals surface area (Å²) in [5.74, 6) is -0.620. The Hall–Kier alpha value is -2.74. The van der Waals surface area contributed by atoms with E-state index < -0.39 is 11.9 Å². The van der Waals surface area contributed by atoms with Crippen LogP contribution in [-0.2, 0) is 11.2 Å². The second-order valence-corrected chi connectivity index (χ2v) is 7.29. The fourth-order valence-corrected chi connectivity index (χ4v) is 3.67. The normalized spacial score (nSPS) is 16.2. The molecule has 1 unspecified atom stereocenters. The zero-order valence-corrected chi connectivity index (χ0v) is 18.3. The Morgan fingerprint density at radius 1 is 1.26 bits per heavy atom. The van der Waals surface area contributed by atoms with E-state index in [2.05, 4.69) is 5.32 Å². The number of rotatable bonds is 7. The van der Waals surface area contributed by atoms with Crippen molar-refractivity contribution >= 4 is 47.4 Å². The Balaban J connectivity index is 0.00000171. The number of nitrogens with one attached hydrogen (secondary N) is 2. The van der Waals surface area contributed by atoms with E-state index in [1.54, 1.807) is 18.2 Å². The lowest BCUT2D eigenvalue weighted by molar-refractivity contribution is -0.139. The van der Waals surface area contributed by atoms with Crippen molar-refractivity contribution in [2.45, 2.75) is 24.9 Å². The van der Waals surface area contributed by atoms with Gasteiger partial charge in [0.05, 0.1) is 6.26 Å². The largest absolute Gasteiger partial charge is 0.489 e. The number of carboxylic acid groups (broad SMARTS) is 1. The molecule has 2 atom stereocenters. The smallest absolute Gasteiger partial charge is 0.314 e. The zero-order valence-electron chi connectivity index (χ0n) is 16.7. The maximum absolute atomic E-state index is 12.0. The number of hydrogen-bond donors (Lipinski definition) is 4. The molecule has 0 aliphatic carbocycles. The van der Waals surface area contributed by atoms with Crippen molar-refractivity contribution in [2.24, 2.45) is 5.73 Å². The third-order valence-electron chi connectivity index (χ3n) is 5.24. The van der Waals surface area contributed by atoms with Crippen LogP contribution in [0.1, 0.15) is 29.2 Å². The molecule has 1 aromatic heterocycles. The van der Waals surface area contributed by atoms with Crippen LogP contribution in [0.5, 0.6) is 5.75 Å². The molecule has 1 saturated heterocycles. The Labute approximate surface area is 192 Å². The predicted molar refractivity (Wildman–Crippen MR) is 124 cm³/mol. The first kappa shape index (κ1) is 24.5. The molecule has 31 heavy (non-hydrogen) atoms. The highest BCUT2D eigenvalue weighted by Crippen LogP contribution is 2.31. The number of halogens is 2. The molecule has 2 heterocycles. The summed E-state index contributed by atoms with van der Waals surface area (Å²) in [4.78, 5) is 12.0. The molecule has 0 spiro atoms. The molecule has 0 amide bonds. The minimum absolute atomic E-state index is 0. The van der Waals surface area contributed by atoms with Gasteiger partial charge in [-0.3, -0.25) is 10.2 Å². The van der Waals surface area contributed by atoms with Crippen molar-refractivity contribution in [3.63, 3.8) is 0 Å². The first-order valence-electron chi connectivity index (χ1n) is 9.56. The highest BCUT2D eigenvalue weighted by atomic mass is 35.5. The Bertz CT molecular complexity index is 1050. The van der Waals surface area contributed by atoms with Gasteiger partial charge < -0.3 is 25.3 Å². The minimum atomic E-state index is -0.950. The van der Waals surface area contributed by atoms with Crippen molar-refractivity contribution in [1.29, 1.82) is 5.41 Å². The maximum atomic E-state index is 12.0. The molecule has 5 N–H and O–H groups in total. The fraction of sp³-hybridized carbons (Fsp3) is 0.273. The topological polar surface area (TPSA) is 122 Å². The highest BCUT2D eigenvalue weighted by Gasteiger charge is 2.26. The Kier molecular flexibility index (Phi) is 8.33. The number of amidine groups is 1. The van der Waals surface area contributed by atoms with E-state index in [0.29, 0.717) is 17.7 Å². The second-order valence-electron chi connectivity index (χ2n) is 7.29. The number of fused-ring (bicyclic) bond motifs is 1. The van der Waals surface area contributed by atoms with E-state index in [4.69, 9.17) is 20.3 Å². The van der Waals surface area contributed by atoms with Crippen molar-refractivity contribution in [3.8, 4) is 5.75 Å². The summed E-state index contributed by atoms with van der Waals surface area (Å²) in [6.45, 7) is 1.81. The van der Waals surface area contributed by atoms with Crippen LogP contribution < -0.4 is 15.8 Å². The zero-order chi connectivity index (χ0) is 20.4. The van der Waals surface area contributed by atoms with E-state index in [1.165, 1.54) is 6.26 Å². The van der Waals surface area contributed by atoms with Gasteiger partial charge >= 0.3 is 5.97 Å². The first-order chi connectivity index (χ1) is 14.0. The lowest BCUT2D eigenvalue weighted by Gasteiger charge is -2.14. The van der Waals surface area contributed by atoms with Crippen LogP contribution in [-0.4, -0.2) is 36.1 Å². The SMILES string of the molecule is Cl.Cl.N=C(N)c1ccc2c(C(Cc3ccc(O[C@H]4CCNC4)cc3)C(=O)O)occ2c1. The molecule has 1 aliphatic heterocycles. The van der Waals surface area contributed by atoms with Gasteiger partial charge in [-0.05, 0) is 43.1 Å². The van der Waals surface area contributed by atoms with Crippen LogP contribution >= 0.6 is 24.8 Å². The number of carboxylic acids is 1. The summed E-state index contributed by atoms with van der Waals surface area (Å²) in [5.41, 5.74) is 6.99. The lowest BCUT2D eigenvalue weighted by Crippen LogP contribution is -2.19. The van der Waals surface area contributed by atoms with Crippen molar-refractivity contribution in [3.05, 3.63) is 65.6 Å². The van der Waals surface area contributed by atoms with E-state index in [1.807, 2.05) is 24.3 Å². The monoisotopic (exact) mass is 465 g/mol. The quantitative estimate of drug-likeness (QED) is 0.311. The number of furan rings is 1. The van der Waals surface area contributed by atoms with Crippen molar-refractivity contribution in [1.82, 2.24) is 5.32 Å². The summed E-state index contributed by atoms with van der Waals surface area (Å²) < 4.78 is 11.6. The van der Waals surface area contributed by atoms with Gasteiger partial charge in [0.15, 0.2) is 0 Å². The van der Waals surface area contributed by atoms with E-state index >= 15 is 0 Å². The van der Waals surface area contributed by atoms with Crippen LogP contribution in [0.4, 0.5) is 0 Å². The number of ether oxygens (including phenoxy) is 1. The summed E-state index contributed by atoms with van der Waals surface area (Å²) in [6, 6.07) is 12.7. The molecule has 7 nitrogen and oxygen atoms in total. The van der Waals surface area contributed by atoms with Gasteiger partial charge in [-0.15, -0.1) is 24.8 Å². The number of carbonyl (C=O) groups is 1. The average Bonchev–Trinajstić information content (AvgIpc) is 3.36. The first-order valence-corrected chi connectivity index (χ1v) is 9.56. The molecule has 1 aliphatic rings. The molecule has 0 bridgehead atoms. The number of benzene rings is 2. The lowest BCUT2D eigenvalue weighted by atomic mass is 9.94. The number of nitrogens with two attached hydrogens (primary N) is 1. The van der Waals surface area contributed by atoms with Gasteiger partial charge in [0.25, 0.3) is 0 Å². The van der Waals surface area contributed by atoms with Gasteiger partial charge in [-0.25, -0.2) is 0 Å². The molecular formula is C22H25Cl2N3O4. The second kappa shape index (κ2) is 10.5. The van der Waals surface area contributed by atoms with Crippen molar-refractivity contribution < 1.29 is 19.1 Å². The van der Waals surface area contributed by atoms with Crippen LogP contribution in [0.15, 0.2) is 53.1 Å². The van der Waals surface area contributed by atoms with Gasteiger partial charge in [0, 0.05) is 22.9 Å². The van der Waals surface area contributed by atoms with E-state index in [-0.39, 0.29) is 36.8 Å². The highest BCUT2D eigenvalue weighted by molar-refractivity contribution is 6.00. The summed E-state index contributed by atoms with van der Waals surface area (Å²) in [5, 5.41) is 22.1. The van der Waals surface area contributed by atoms with Gasteiger partial charge in [-0.1, -0.05) is 24.3 Å². The molecule has 1 fully saturated rings. The molecular weight excluding hydrogens is 441 g/mol. The molecule has 0 radical (unpaired) electrons. The minimum Gasteiger partial charge on any atom is -0.489 e. The number of aliphatic carboxylic acids is 1. The summed E-state index contributed by atoms with van der Waals surface area (Å²) >= 11 is 0. The molecule has 4 rings (SSSR count). The molecule has 9 heteroatoms. The Morgan fingerprint density at radius 3 is 2.61 bits per heavy atom. The van der Waals surface area contributed by atoms with E-state index in [0.717, 1.165) is 41.6 Å². The number of nitrogen functional groups attached to an aromatic ring is 1. The fourth-order valence-electron chi connectivity index (χ4n) is 3.67. The summed E-state index contributed by atoms with van der Waals surface area (Å²) in [6.07, 6.45) is 2.99. The Morgan fingerprint density at radius 2 is 2.00 bits per heavy atom. The third kappa shape index (κ3) is 5.50. The average molecular weight is 466 g/mol. The van der Waals surface area contributed by atoms with Crippen LogP contribution in [0.25, 0.3) is 10.8 Å². The van der Waals surface area contributed by atoms with Gasteiger partial charge in [-0.2, -0.15) is 0 Å². The van der Waals surface area contributed by atoms with Gasteiger partial charge in [0.2, 0.25) is 0 Å². The summed E-state index contributed by atoms with van der Waals surface area (Å²) in [7, 11) is 0. The predicted octanol–water partition coefficient (Wildman–Crippen LogP) is 3.71.